The Balaban J connectivity index is 2.24. The number of thiocarbonyl (C=S) groups is 1. The van der Waals surface area contributed by atoms with Crippen LogP contribution in [0.3, 0.4) is 0 Å². The lowest BCUT2D eigenvalue weighted by atomic mass is 10.0. The third-order valence-electron chi connectivity index (χ3n) is 2.85. The molecule has 19 heavy (non-hydrogen) atoms. The molecule has 0 bridgehead atoms. The highest BCUT2D eigenvalue weighted by atomic mass is 32.1. The summed E-state index contributed by atoms with van der Waals surface area (Å²) in [6, 6.07) is 12.9. The number of aryl methyl sites for hydroxylation is 1. The van der Waals surface area contributed by atoms with Crippen molar-refractivity contribution in [1.29, 1.82) is 0 Å². The van der Waals surface area contributed by atoms with Gasteiger partial charge in [-0.1, -0.05) is 35.9 Å². The summed E-state index contributed by atoms with van der Waals surface area (Å²) in [7, 11) is 0. The van der Waals surface area contributed by atoms with Crippen LogP contribution in [0, 0.1) is 6.92 Å². The quantitative estimate of drug-likeness (QED) is 0.841. The molecule has 0 spiro atoms. The molecule has 0 unspecified atom stereocenters. The van der Waals surface area contributed by atoms with E-state index in [0.717, 1.165) is 6.54 Å². The van der Waals surface area contributed by atoms with Crippen molar-refractivity contribution < 1.29 is 0 Å². The van der Waals surface area contributed by atoms with Crippen LogP contribution < -0.4 is 10.6 Å². The van der Waals surface area contributed by atoms with E-state index in [2.05, 4.69) is 59.3 Å². The minimum absolute atomic E-state index is 0.118. The van der Waals surface area contributed by atoms with Gasteiger partial charge in [-0.15, -0.1) is 11.3 Å². The number of benzene rings is 1. The molecule has 0 aliphatic rings. The molecule has 0 amide bonds. The highest BCUT2D eigenvalue weighted by Crippen LogP contribution is 2.26. The van der Waals surface area contributed by atoms with Gasteiger partial charge in [-0.3, -0.25) is 0 Å². The van der Waals surface area contributed by atoms with Crippen molar-refractivity contribution in [1.82, 2.24) is 10.6 Å². The van der Waals surface area contributed by atoms with E-state index in [1.807, 2.05) is 6.92 Å². The van der Waals surface area contributed by atoms with Crippen molar-refractivity contribution in [2.45, 2.75) is 19.9 Å². The first-order chi connectivity index (χ1) is 9.20. The van der Waals surface area contributed by atoms with E-state index in [-0.39, 0.29) is 6.04 Å². The maximum atomic E-state index is 5.31. The fraction of sp³-hybridized carbons (Fsp3) is 0.267. The zero-order valence-electron chi connectivity index (χ0n) is 11.1. The molecule has 2 nitrogen and oxygen atoms in total. The van der Waals surface area contributed by atoms with E-state index in [0.29, 0.717) is 5.11 Å². The number of nitrogens with one attached hydrogen (secondary N) is 2. The molecule has 2 rings (SSSR count). The van der Waals surface area contributed by atoms with E-state index in [4.69, 9.17) is 12.2 Å². The Morgan fingerprint density at radius 1 is 1.26 bits per heavy atom. The summed E-state index contributed by atoms with van der Waals surface area (Å²) in [4.78, 5) is 1.27. The van der Waals surface area contributed by atoms with Gasteiger partial charge in [0.1, 0.15) is 0 Å². The molecule has 0 radical (unpaired) electrons. The average Bonchev–Trinajstić information content (AvgIpc) is 2.91. The first kappa shape index (κ1) is 14.0. The largest absolute Gasteiger partial charge is 0.363 e. The standard InChI is InChI=1S/C15H18N2S2/c1-3-16-15(18)17-14(13-5-4-10-19-13)12-8-6-11(2)7-9-12/h4-10,14H,3H2,1-2H3,(H2,16,17,18)/t14-/m0/s1. The van der Waals surface area contributed by atoms with Gasteiger partial charge in [0.05, 0.1) is 6.04 Å². The average molecular weight is 290 g/mol. The summed E-state index contributed by atoms with van der Waals surface area (Å²) in [5.41, 5.74) is 2.50. The van der Waals surface area contributed by atoms with Crippen molar-refractivity contribution in [3.63, 3.8) is 0 Å². The third-order valence-corrected chi connectivity index (χ3v) is 4.05. The summed E-state index contributed by atoms with van der Waals surface area (Å²) >= 11 is 7.05. The smallest absolute Gasteiger partial charge is 0.167 e. The summed E-state index contributed by atoms with van der Waals surface area (Å²) in [5, 5.41) is 9.32. The van der Waals surface area contributed by atoms with Crippen molar-refractivity contribution in [3.8, 4) is 0 Å². The lowest BCUT2D eigenvalue weighted by Crippen LogP contribution is -2.37. The topological polar surface area (TPSA) is 24.1 Å². The van der Waals surface area contributed by atoms with Crippen LogP contribution in [0.2, 0.25) is 0 Å². The Morgan fingerprint density at radius 3 is 2.58 bits per heavy atom. The van der Waals surface area contributed by atoms with Gasteiger partial charge >= 0.3 is 0 Å². The molecular weight excluding hydrogens is 272 g/mol. The van der Waals surface area contributed by atoms with E-state index in [9.17, 15) is 0 Å². The predicted molar refractivity (Wildman–Crippen MR) is 86.8 cm³/mol. The summed E-state index contributed by atoms with van der Waals surface area (Å²) in [6.07, 6.45) is 0. The summed E-state index contributed by atoms with van der Waals surface area (Å²) in [6.45, 7) is 4.97. The Kier molecular flexibility index (Phi) is 4.93. The maximum Gasteiger partial charge on any atom is 0.167 e. The molecule has 0 fully saturated rings. The summed E-state index contributed by atoms with van der Waals surface area (Å²) in [5.74, 6) is 0. The monoisotopic (exact) mass is 290 g/mol. The van der Waals surface area contributed by atoms with Gasteiger partial charge < -0.3 is 10.6 Å². The number of thiophene rings is 1. The Morgan fingerprint density at radius 2 is 2.00 bits per heavy atom. The molecule has 100 valence electrons. The van der Waals surface area contributed by atoms with Crippen molar-refractivity contribution in [3.05, 3.63) is 57.8 Å². The molecule has 2 N–H and O–H groups in total. The first-order valence-electron chi connectivity index (χ1n) is 6.35. The highest BCUT2D eigenvalue weighted by molar-refractivity contribution is 7.80. The van der Waals surface area contributed by atoms with E-state index >= 15 is 0 Å². The van der Waals surface area contributed by atoms with Gasteiger partial charge in [0.25, 0.3) is 0 Å². The van der Waals surface area contributed by atoms with Gasteiger partial charge in [0, 0.05) is 11.4 Å². The minimum atomic E-state index is 0.118. The van der Waals surface area contributed by atoms with E-state index in [1.165, 1.54) is 16.0 Å². The molecule has 1 aromatic heterocycles. The fourth-order valence-electron chi connectivity index (χ4n) is 1.88. The van der Waals surface area contributed by atoms with Crippen molar-refractivity contribution >= 4 is 28.7 Å². The van der Waals surface area contributed by atoms with Crippen molar-refractivity contribution in [2.75, 3.05) is 6.54 Å². The van der Waals surface area contributed by atoms with Crippen LogP contribution in [0.1, 0.15) is 29.0 Å². The zero-order chi connectivity index (χ0) is 13.7. The van der Waals surface area contributed by atoms with Gasteiger partial charge in [-0.2, -0.15) is 0 Å². The SMILES string of the molecule is CCNC(=S)N[C@@H](c1ccc(C)cc1)c1cccs1. The number of hydrogen-bond acceptors (Lipinski definition) is 2. The fourth-order valence-corrected chi connectivity index (χ4v) is 2.94. The second-order valence-electron chi connectivity index (χ2n) is 4.36. The second kappa shape index (κ2) is 6.68. The number of hydrogen-bond donors (Lipinski definition) is 2. The Labute approximate surface area is 123 Å². The van der Waals surface area contributed by atoms with E-state index < -0.39 is 0 Å². The molecule has 2 aromatic rings. The number of rotatable bonds is 4. The molecule has 4 heteroatoms. The van der Waals surface area contributed by atoms with Crippen LogP contribution in [0.5, 0.6) is 0 Å². The molecule has 1 atom stereocenters. The van der Waals surface area contributed by atoms with Crippen LogP contribution >= 0.6 is 23.6 Å². The van der Waals surface area contributed by atoms with Crippen LogP contribution in [0.25, 0.3) is 0 Å². The molecule has 1 heterocycles. The maximum absolute atomic E-state index is 5.31. The lowest BCUT2D eigenvalue weighted by molar-refractivity contribution is 0.755. The van der Waals surface area contributed by atoms with Crippen LogP contribution in [-0.4, -0.2) is 11.7 Å². The molecule has 1 aromatic carbocycles. The lowest BCUT2D eigenvalue weighted by Gasteiger charge is -2.20. The first-order valence-corrected chi connectivity index (χ1v) is 7.64. The zero-order valence-corrected chi connectivity index (χ0v) is 12.8. The Bertz CT molecular complexity index is 518. The minimum Gasteiger partial charge on any atom is -0.363 e. The highest BCUT2D eigenvalue weighted by Gasteiger charge is 2.15. The molecule has 0 aliphatic heterocycles. The molecule has 0 aliphatic carbocycles. The molecule has 0 saturated heterocycles. The van der Waals surface area contributed by atoms with E-state index in [1.54, 1.807) is 11.3 Å². The van der Waals surface area contributed by atoms with Crippen molar-refractivity contribution in [2.24, 2.45) is 0 Å². The summed E-state index contributed by atoms with van der Waals surface area (Å²) < 4.78 is 0. The van der Waals surface area contributed by atoms with Gasteiger partial charge in [-0.25, -0.2) is 0 Å². The van der Waals surface area contributed by atoms with Gasteiger partial charge in [0.15, 0.2) is 5.11 Å². The van der Waals surface area contributed by atoms with Crippen LogP contribution in [0.4, 0.5) is 0 Å². The van der Waals surface area contributed by atoms with Gasteiger partial charge in [0.2, 0.25) is 0 Å². The molecule has 0 saturated carbocycles. The van der Waals surface area contributed by atoms with Gasteiger partial charge in [-0.05, 0) is 43.1 Å². The van der Waals surface area contributed by atoms with Crippen LogP contribution in [0.15, 0.2) is 41.8 Å². The Hall–Kier alpha value is -1.39. The normalized spacial score (nSPS) is 11.9. The predicted octanol–water partition coefficient (Wildman–Crippen LogP) is 3.63. The third kappa shape index (κ3) is 3.78. The van der Waals surface area contributed by atoms with Crippen LogP contribution in [-0.2, 0) is 0 Å². The molecular formula is C15H18N2S2. The second-order valence-corrected chi connectivity index (χ2v) is 5.75.